The molecule has 30 heavy (non-hydrogen) atoms. The zero-order chi connectivity index (χ0) is 20.7. The van der Waals surface area contributed by atoms with Crippen molar-refractivity contribution < 1.29 is 9.21 Å². The zero-order valence-corrected chi connectivity index (χ0v) is 17.7. The van der Waals surface area contributed by atoms with Gasteiger partial charge in [0.25, 0.3) is 5.91 Å². The number of likely N-dealkylation sites (tertiary alicyclic amines) is 1. The Hall–Kier alpha value is -2.67. The Kier molecular flexibility index (Phi) is 5.06. The standard InChI is InChI=1S/C23H29N5O2/c1-15(2)28-22-18(13-25-28)17(12-19(26-22)16-7-8-16)23(29)24-14-20(21-6-5-11-30-21)27-9-3-4-10-27/h5-6,11-13,15-16,20H,3-4,7-10,14H2,1-2H3,(H,24,29)/t20-/m0/s1. The molecule has 0 aromatic carbocycles. The Morgan fingerprint density at radius 1 is 1.30 bits per heavy atom. The number of amides is 1. The lowest BCUT2D eigenvalue weighted by Gasteiger charge is -2.26. The first kappa shape index (κ1) is 19.3. The van der Waals surface area contributed by atoms with Crippen molar-refractivity contribution in [2.45, 2.75) is 57.5 Å². The molecule has 7 nitrogen and oxygen atoms in total. The van der Waals surface area contributed by atoms with Crippen LogP contribution in [0, 0.1) is 0 Å². The van der Waals surface area contributed by atoms with Crippen molar-refractivity contribution in [1.29, 1.82) is 0 Å². The molecule has 5 rings (SSSR count). The lowest BCUT2D eigenvalue weighted by atomic mass is 10.1. The van der Waals surface area contributed by atoms with Gasteiger partial charge in [-0.3, -0.25) is 9.69 Å². The molecule has 0 bridgehead atoms. The van der Waals surface area contributed by atoms with Crippen molar-refractivity contribution >= 4 is 16.9 Å². The second kappa shape index (κ2) is 7.87. The normalized spacial score (nSPS) is 18.4. The number of pyridine rings is 1. The highest BCUT2D eigenvalue weighted by Crippen LogP contribution is 2.40. The Morgan fingerprint density at radius 3 is 2.77 bits per heavy atom. The van der Waals surface area contributed by atoms with E-state index in [0.717, 1.165) is 48.4 Å². The number of nitrogens with one attached hydrogen (secondary N) is 1. The summed E-state index contributed by atoms with van der Waals surface area (Å²) in [5, 5.41) is 8.51. The molecule has 158 valence electrons. The average molecular weight is 408 g/mol. The van der Waals surface area contributed by atoms with Gasteiger partial charge in [-0.1, -0.05) is 0 Å². The van der Waals surface area contributed by atoms with Crippen LogP contribution in [-0.4, -0.2) is 45.2 Å². The summed E-state index contributed by atoms with van der Waals surface area (Å²) in [4.78, 5) is 20.6. The van der Waals surface area contributed by atoms with Crippen LogP contribution in [0.2, 0.25) is 0 Å². The second-order valence-electron chi connectivity index (χ2n) is 8.77. The van der Waals surface area contributed by atoms with Gasteiger partial charge in [0.2, 0.25) is 0 Å². The molecule has 1 aliphatic carbocycles. The fourth-order valence-electron chi connectivity index (χ4n) is 4.42. The van der Waals surface area contributed by atoms with Gasteiger partial charge in [0.1, 0.15) is 5.76 Å². The molecular formula is C23H29N5O2. The fraction of sp³-hybridized carbons (Fsp3) is 0.522. The topological polar surface area (TPSA) is 76.2 Å². The lowest BCUT2D eigenvalue weighted by Crippen LogP contribution is -2.36. The first-order valence-corrected chi connectivity index (χ1v) is 11.1. The van der Waals surface area contributed by atoms with E-state index in [1.165, 1.54) is 12.8 Å². The van der Waals surface area contributed by atoms with E-state index in [1.807, 2.05) is 22.9 Å². The summed E-state index contributed by atoms with van der Waals surface area (Å²) in [6, 6.07) is 6.13. The molecule has 3 aromatic heterocycles. The van der Waals surface area contributed by atoms with Gasteiger partial charge in [0.05, 0.1) is 29.5 Å². The summed E-state index contributed by atoms with van der Waals surface area (Å²) < 4.78 is 7.60. The fourth-order valence-corrected chi connectivity index (χ4v) is 4.42. The van der Waals surface area contributed by atoms with E-state index in [-0.39, 0.29) is 18.0 Å². The summed E-state index contributed by atoms with van der Waals surface area (Å²) in [6.07, 6.45) is 8.15. The molecule has 3 aromatic rings. The molecule has 1 aliphatic heterocycles. The lowest BCUT2D eigenvalue weighted by molar-refractivity contribution is 0.0935. The SMILES string of the molecule is CC(C)n1ncc2c(C(=O)NC[C@@H](c3ccco3)N3CCCC3)cc(C3CC3)nc21. The van der Waals surface area contributed by atoms with Crippen molar-refractivity contribution in [2.75, 3.05) is 19.6 Å². The van der Waals surface area contributed by atoms with Gasteiger partial charge < -0.3 is 9.73 Å². The summed E-state index contributed by atoms with van der Waals surface area (Å²) >= 11 is 0. The zero-order valence-electron chi connectivity index (χ0n) is 17.7. The van der Waals surface area contributed by atoms with Crippen LogP contribution in [0.25, 0.3) is 11.0 Å². The largest absolute Gasteiger partial charge is 0.468 e. The van der Waals surface area contributed by atoms with Crippen molar-refractivity contribution in [3.63, 3.8) is 0 Å². The molecule has 2 fully saturated rings. The molecule has 1 amide bonds. The Labute approximate surface area is 176 Å². The van der Waals surface area contributed by atoms with Crippen molar-refractivity contribution in [2.24, 2.45) is 0 Å². The van der Waals surface area contributed by atoms with Crippen LogP contribution in [0.15, 0.2) is 35.1 Å². The molecule has 2 aliphatic rings. The minimum Gasteiger partial charge on any atom is -0.468 e. The molecule has 0 spiro atoms. The third kappa shape index (κ3) is 3.62. The predicted molar refractivity (Wildman–Crippen MR) is 114 cm³/mol. The summed E-state index contributed by atoms with van der Waals surface area (Å²) in [5.41, 5.74) is 2.49. The number of carbonyl (C=O) groups excluding carboxylic acids is 1. The molecule has 1 saturated carbocycles. The predicted octanol–water partition coefficient (Wildman–Crippen LogP) is 4.05. The summed E-state index contributed by atoms with van der Waals surface area (Å²) in [5.74, 6) is 1.31. The van der Waals surface area contributed by atoms with Crippen LogP contribution in [-0.2, 0) is 0 Å². The molecule has 0 unspecified atom stereocenters. The van der Waals surface area contributed by atoms with E-state index in [0.29, 0.717) is 18.0 Å². The Morgan fingerprint density at radius 2 is 2.10 bits per heavy atom. The first-order chi connectivity index (χ1) is 14.6. The van der Waals surface area contributed by atoms with E-state index >= 15 is 0 Å². The third-order valence-corrected chi connectivity index (χ3v) is 6.22. The molecule has 1 saturated heterocycles. The summed E-state index contributed by atoms with van der Waals surface area (Å²) in [6.45, 7) is 6.76. The number of fused-ring (bicyclic) bond motifs is 1. The van der Waals surface area contributed by atoms with E-state index in [4.69, 9.17) is 9.40 Å². The number of nitrogens with zero attached hydrogens (tertiary/aromatic N) is 4. The molecule has 7 heteroatoms. The third-order valence-electron chi connectivity index (χ3n) is 6.22. The number of furan rings is 1. The van der Waals surface area contributed by atoms with Gasteiger partial charge in [-0.05, 0) is 70.8 Å². The van der Waals surface area contributed by atoms with Gasteiger partial charge in [-0.2, -0.15) is 5.10 Å². The van der Waals surface area contributed by atoms with E-state index in [1.54, 1.807) is 12.5 Å². The summed E-state index contributed by atoms with van der Waals surface area (Å²) in [7, 11) is 0. The Bertz CT molecular complexity index is 1030. The quantitative estimate of drug-likeness (QED) is 0.639. The maximum Gasteiger partial charge on any atom is 0.252 e. The minimum absolute atomic E-state index is 0.0602. The van der Waals surface area contributed by atoms with Gasteiger partial charge >= 0.3 is 0 Å². The number of rotatable bonds is 7. The Balaban J connectivity index is 1.42. The molecular weight excluding hydrogens is 378 g/mol. The second-order valence-corrected chi connectivity index (χ2v) is 8.77. The van der Waals surface area contributed by atoms with Crippen LogP contribution in [0.5, 0.6) is 0 Å². The van der Waals surface area contributed by atoms with Crippen LogP contribution < -0.4 is 5.32 Å². The average Bonchev–Trinajstić information content (AvgIpc) is 3.16. The van der Waals surface area contributed by atoms with Crippen molar-refractivity contribution in [3.05, 3.63) is 47.7 Å². The van der Waals surface area contributed by atoms with Crippen LogP contribution in [0.4, 0.5) is 0 Å². The van der Waals surface area contributed by atoms with Crippen molar-refractivity contribution in [3.8, 4) is 0 Å². The highest BCUT2D eigenvalue weighted by Gasteiger charge is 2.29. The van der Waals surface area contributed by atoms with Crippen molar-refractivity contribution in [1.82, 2.24) is 25.0 Å². The van der Waals surface area contributed by atoms with Gasteiger partial charge in [0, 0.05) is 24.2 Å². The smallest absolute Gasteiger partial charge is 0.252 e. The maximum absolute atomic E-state index is 13.3. The van der Waals surface area contributed by atoms with Gasteiger partial charge in [0.15, 0.2) is 5.65 Å². The molecule has 4 heterocycles. The number of hydrogen-bond donors (Lipinski definition) is 1. The van der Waals surface area contributed by atoms with Crippen LogP contribution in [0.1, 0.15) is 79.3 Å². The maximum atomic E-state index is 13.3. The molecule has 0 radical (unpaired) electrons. The first-order valence-electron chi connectivity index (χ1n) is 11.1. The van der Waals surface area contributed by atoms with E-state index in [9.17, 15) is 4.79 Å². The monoisotopic (exact) mass is 407 g/mol. The van der Waals surface area contributed by atoms with Gasteiger partial charge in [-0.15, -0.1) is 0 Å². The molecule has 1 atom stereocenters. The van der Waals surface area contributed by atoms with E-state index in [2.05, 4.69) is 29.2 Å². The molecule has 1 N–H and O–H groups in total. The highest BCUT2D eigenvalue weighted by atomic mass is 16.3. The van der Waals surface area contributed by atoms with Gasteiger partial charge in [-0.25, -0.2) is 9.67 Å². The highest BCUT2D eigenvalue weighted by molar-refractivity contribution is 6.05. The van der Waals surface area contributed by atoms with Crippen LogP contribution in [0.3, 0.4) is 0 Å². The number of aromatic nitrogens is 3. The van der Waals surface area contributed by atoms with Crippen LogP contribution >= 0.6 is 0 Å². The van der Waals surface area contributed by atoms with E-state index < -0.39 is 0 Å². The minimum atomic E-state index is -0.0663. The number of hydrogen-bond acceptors (Lipinski definition) is 5. The number of carbonyl (C=O) groups is 1.